The molecule has 164 valence electrons. The smallest absolute Gasteiger partial charge is 0.213 e. The molecule has 0 radical (unpaired) electrons. The van der Waals surface area contributed by atoms with E-state index in [4.69, 9.17) is 0 Å². The van der Waals surface area contributed by atoms with Crippen LogP contribution in [-0.2, 0) is 12.5 Å². The molecule has 2 heterocycles. The zero-order valence-electron chi connectivity index (χ0n) is 20.7. The number of pyridine rings is 2. The Morgan fingerprint density at radius 1 is 0.844 bits per heavy atom. The topological polar surface area (TPSA) is 16.8 Å². The third kappa shape index (κ3) is 4.19. The van der Waals surface area contributed by atoms with Gasteiger partial charge in [0.05, 0.1) is 0 Å². The molecule has 0 fully saturated rings. The summed E-state index contributed by atoms with van der Waals surface area (Å²) in [6.07, 6.45) is 4.25. The molecule has 32 heavy (non-hydrogen) atoms. The van der Waals surface area contributed by atoms with Gasteiger partial charge in [-0.25, -0.2) is 4.57 Å². The Balaban J connectivity index is 1.81. The lowest BCUT2D eigenvalue weighted by molar-refractivity contribution is -0.659. The van der Waals surface area contributed by atoms with Gasteiger partial charge in [0.25, 0.3) is 0 Å². The second-order valence-corrected chi connectivity index (χ2v) is 10.5. The minimum atomic E-state index is 0.122. The number of benzene rings is 2. The van der Waals surface area contributed by atoms with Gasteiger partial charge in [0.2, 0.25) is 5.69 Å². The van der Waals surface area contributed by atoms with Crippen LogP contribution in [0, 0.1) is 13.8 Å². The van der Waals surface area contributed by atoms with E-state index in [1.54, 1.807) is 0 Å². The summed E-state index contributed by atoms with van der Waals surface area (Å²) < 4.78 is 2.26. The van der Waals surface area contributed by atoms with Crippen LogP contribution < -0.4 is 4.57 Å². The van der Waals surface area contributed by atoms with Gasteiger partial charge in [0, 0.05) is 34.5 Å². The SMILES string of the molecule is Cc1cc(C(C)(C)C)cc(-c2cc3ccc(-c4ccc(C(C)C)nc4)cc3c[n+]2C)c1C. The summed E-state index contributed by atoms with van der Waals surface area (Å²) in [5, 5.41) is 2.50. The molecule has 2 aromatic carbocycles. The molecule has 0 bridgehead atoms. The fourth-order valence-electron chi connectivity index (χ4n) is 4.27. The Morgan fingerprint density at radius 3 is 2.19 bits per heavy atom. The second kappa shape index (κ2) is 8.16. The van der Waals surface area contributed by atoms with Crippen LogP contribution in [-0.4, -0.2) is 4.98 Å². The molecule has 0 aliphatic carbocycles. The zero-order valence-corrected chi connectivity index (χ0v) is 20.7. The molecule has 0 amide bonds. The molecular weight excluding hydrogens is 388 g/mol. The molecule has 0 spiro atoms. The predicted molar refractivity (Wildman–Crippen MR) is 136 cm³/mol. The predicted octanol–water partition coefficient (Wildman–Crippen LogP) is 7.43. The molecule has 0 N–H and O–H groups in total. The number of fused-ring (bicyclic) bond motifs is 1. The molecule has 0 atom stereocenters. The van der Waals surface area contributed by atoms with Crippen molar-refractivity contribution in [3.05, 3.63) is 83.3 Å². The van der Waals surface area contributed by atoms with Crippen molar-refractivity contribution in [2.45, 2.75) is 59.8 Å². The fraction of sp³-hybridized carbons (Fsp3) is 0.333. The van der Waals surface area contributed by atoms with Crippen molar-refractivity contribution >= 4 is 10.8 Å². The van der Waals surface area contributed by atoms with Gasteiger partial charge in [-0.3, -0.25) is 4.98 Å². The Hall–Kier alpha value is -3.00. The van der Waals surface area contributed by atoms with Crippen LogP contribution in [0.2, 0.25) is 0 Å². The Labute approximate surface area is 193 Å². The number of nitrogens with zero attached hydrogens (tertiary/aromatic N) is 2. The molecule has 4 aromatic rings. The molecule has 0 aliphatic heterocycles. The molecule has 0 aliphatic rings. The van der Waals surface area contributed by atoms with Crippen molar-refractivity contribution in [3.8, 4) is 22.4 Å². The summed E-state index contributed by atoms with van der Waals surface area (Å²) in [5.41, 5.74) is 10.3. The second-order valence-electron chi connectivity index (χ2n) is 10.5. The van der Waals surface area contributed by atoms with Crippen molar-refractivity contribution in [1.29, 1.82) is 0 Å². The molecular formula is C30H35N2+. The van der Waals surface area contributed by atoms with Crippen molar-refractivity contribution < 1.29 is 4.57 Å². The largest absolute Gasteiger partial charge is 0.260 e. The lowest BCUT2D eigenvalue weighted by Gasteiger charge is -2.22. The average Bonchev–Trinajstić information content (AvgIpc) is 2.74. The van der Waals surface area contributed by atoms with Crippen LogP contribution in [0.15, 0.2) is 60.9 Å². The number of hydrogen-bond donors (Lipinski definition) is 0. The number of rotatable bonds is 3. The van der Waals surface area contributed by atoms with E-state index in [0.717, 1.165) is 11.3 Å². The van der Waals surface area contributed by atoms with Gasteiger partial charge in [0.1, 0.15) is 7.05 Å². The van der Waals surface area contributed by atoms with E-state index in [1.807, 2.05) is 6.20 Å². The van der Waals surface area contributed by atoms with Gasteiger partial charge < -0.3 is 0 Å². The van der Waals surface area contributed by atoms with Gasteiger partial charge in [-0.2, -0.15) is 0 Å². The molecule has 2 heteroatoms. The Morgan fingerprint density at radius 2 is 1.56 bits per heavy atom. The van der Waals surface area contributed by atoms with Gasteiger partial charge in [-0.15, -0.1) is 0 Å². The standard InChI is InChI=1S/C30H35N2/c1-19(2)28-12-11-24(17-31-28)22-9-10-23-15-29(32(8)18-25(23)14-22)27-16-26(30(5,6)7)13-20(3)21(27)4/h9-19H,1-8H3/q+1. The summed E-state index contributed by atoms with van der Waals surface area (Å²) in [6, 6.07) is 18.1. The highest BCUT2D eigenvalue weighted by atomic mass is 14.9. The maximum Gasteiger partial charge on any atom is 0.213 e. The third-order valence-corrected chi connectivity index (χ3v) is 6.61. The molecule has 2 nitrogen and oxygen atoms in total. The lowest BCUT2D eigenvalue weighted by atomic mass is 9.83. The first kappa shape index (κ1) is 22.2. The quantitative estimate of drug-likeness (QED) is 0.313. The van der Waals surface area contributed by atoms with E-state index in [-0.39, 0.29) is 5.41 Å². The number of aryl methyl sites for hydroxylation is 2. The van der Waals surface area contributed by atoms with E-state index < -0.39 is 0 Å². The molecule has 0 unspecified atom stereocenters. The summed E-state index contributed by atoms with van der Waals surface area (Å²) in [4.78, 5) is 4.65. The molecule has 0 saturated carbocycles. The van der Waals surface area contributed by atoms with Crippen LogP contribution in [0.5, 0.6) is 0 Å². The summed E-state index contributed by atoms with van der Waals surface area (Å²) in [6.45, 7) is 15.7. The maximum atomic E-state index is 4.65. The van der Waals surface area contributed by atoms with Gasteiger partial charge >= 0.3 is 0 Å². The zero-order chi connectivity index (χ0) is 23.2. The van der Waals surface area contributed by atoms with Crippen molar-refractivity contribution in [2.75, 3.05) is 0 Å². The number of hydrogen-bond acceptors (Lipinski definition) is 1. The highest BCUT2D eigenvalue weighted by Crippen LogP contribution is 2.33. The highest BCUT2D eigenvalue weighted by Gasteiger charge is 2.21. The summed E-state index contributed by atoms with van der Waals surface area (Å²) in [7, 11) is 2.15. The van der Waals surface area contributed by atoms with E-state index in [1.165, 1.54) is 44.3 Å². The van der Waals surface area contributed by atoms with Crippen LogP contribution >= 0.6 is 0 Å². The fourth-order valence-corrected chi connectivity index (χ4v) is 4.27. The summed E-state index contributed by atoms with van der Waals surface area (Å²) >= 11 is 0. The Kier molecular flexibility index (Phi) is 5.67. The van der Waals surface area contributed by atoms with Gasteiger partial charge in [0.15, 0.2) is 6.20 Å². The van der Waals surface area contributed by atoms with Crippen molar-refractivity contribution in [1.82, 2.24) is 4.98 Å². The first-order valence-electron chi connectivity index (χ1n) is 11.6. The van der Waals surface area contributed by atoms with Crippen LogP contribution in [0.4, 0.5) is 0 Å². The van der Waals surface area contributed by atoms with Gasteiger partial charge in [-0.1, -0.05) is 58.9 Å². The lowest BCUT2D eigenvalue weighted by Crippen LogP contribution is -2.31. The first-order valence-corrected chi connectivity index (χ1v) is 11.6. The Bertz CT molecular complexity index is 1290. The van der Waals surface area contributed by atoms with E-state index in [9.17, 15) is 0 Å². The van der Waals surface area contributed by atoms with E-state index in [0.29, 0.717) is 5.92 Å². The summed E-state index contributed by atoms with van der Waals surface area (Å²) in [5.74, 6) is 0.446. The average molecular weight is 424 g/mol. The van der Waals surface area contributed by atoms with Crippen LogP contribution in [0.25, 0.3) is 33.2 Å². The molecule has 4 rings (SSSR count). The van der Waals surface area contributed by atoms with E-state index >= 15 is 0 Å². The highest BCUT2D eigenvalue weighted by molar-refractivity contribution is 5.88. The first-order chi connectivity index (χ1) is 15.0. The monoisotopic (exact) mass is 423 g/mol. The van der Waals surface area contributed by atoms with Crippen molar-refractivity contribution in [2.24, 2.45) is 7.05 Å². The minimum absolute atomic E-state index is 0.122. The molecule has 2 aromatic heterocycles. The van der Waals surface area contributed by atoms with Crippen LogP contribution in [0.3, 0.4) is 0 Å². The van der Waals surface area contributed by atoms with Gasteiger partial charge in [-0.05, 0) is 71.0 Å². The number of aromatic nitrogens is 2. The third-order valence-electron chi connectivity index (χ3n) is 6.61. The normalized spacial score (nSPS) is 12.0. The van der Waals surface area contributed by atoms with Crippen molar-refractivity contribution in [3.63, 3.8) is 0 Å². The molecule has 0 saturated heterocycles. The van der Waals surface area contributed by atoms with Crippen LogP contribution in [0.1, 0.15) is 62.9 Å². The maximum absolute atomic E-state index is 4.65. The minimum Gasteiger partial charge on any atom is -0.260 e. The van der Waals surface area contributed by atoms with E-state index in [2.05, 4.69) is 120 Å².